The van der Waals surface area contributed by atoms with Gasteiger partial charge in [-0.15, -0.1) is 0 Å². The topological polar surface area (TPSA) is 105 Å². The Bertz CT molecular complexity index is 676. The van der Waals surface area contributed by atoms with Crippen molar-refractivity contribution >= 4 is 34.8 Å². The molecule has 1 aromatic carbocycles. The van der Waals surface area contributed by atoms with Crippen LogP contribution in [0.3, 0.4) is 0 Å². The van der Waals surface area contributed by atoms with Crippen molar-refractivity contribution in [2.45, 2.75) is 19.9 Å². The zero-order valence-corrected chi connectivity index (χ0v) is 13.0. The van der Waals surface area contributed by atoms with E-state index < -0.39 is 0 Å². The average molecular weight is 321 g/mol. The maximum Gasteiger partial charge on any atom is 0.269 e. The van der Waals surface area contributed by atoms with Crippen molar-refractivity contribution in [3.63, 3.8) is 0 Å². The number of hydrogen-bond acceptors (Lipinski definition) is 6. The smallest absolute Gasteiger partial charge is 0.269 e. The van der Waals surface area contributed by atoms with Crippen molar-refractivity contribution in [2.24, 2.45) is 0 Å². The van der Waals surface area contributed by atoms with Crippen LogP contribution in [0.4, 0.5) is 17.3 Å². The first-order valence-electron chi connectivity index (χ1n) is 6.66. The molecule has 0 aliphatic heterocycles. The number of nitrogens with two attached hydrogens (primary N) is 1. The summed E-state index contributed by atoms with van der Waals surface area (Å²) in [7, 11) is 0. The molecule has 5 N–H and O–H groups in total. The second-order valence-corrected chi connectivity index (χ2v) is 5.31. The number of carbonyl (C=O) groups is 1. The molecule has 0 saturated carbocycles. The van der Waals surface area contributed by atoms with Gasteiger partial charge >= 0.3 is 0 Å². The zero-order chi connectivity index (χ0) is 16.1. The van der Waals surface area contributed by atoms with Crippen molar-refractivity contribution in [1.82, 2.24) is 15.4 Å². The summed E-state index contributed by atoms with van der Waals surface area (Å²) in [4.78, 5) is 20.1. The summed E-state index contributed by atoms with van der Waals surface area (Å²) >= 11 is 5.85. The minimum Gasteiger partial charge on any atom is -0.393 e. The lowest BCUT2D eigenvalue weighted by molar-refractivity contribution is 0.0962. The number of amides is 1. The van der Waals surface area contributed by atoms with E-state index in [1.807, 2.05) is 13.8 Å². The van der Waals surface area contributed by atoms with Gasteiger partial charge in [-0.25, -0.2) is 9.97 Å². The van der Waals surface area contributed by atoms with E-state index >= 15 is 0 Å². The summed E-state index contributed by atoms with van der Waals surface area (Å²) < 4.78 is 0. The quantitative estimate of drug-likeness (QED) is 0.630. The fourth-order valence-electron chi connectivity index (χ4n) is 1.70. The Kier molecular flexibility index (Phi) is 5.00. The van der Waals surface area contributed by atoms with Crippen LogP contribution in [0.2, 0.25) is 5.02 Å². The predicted octanol–water partition coefficient (Wildman–Crippen LogP) is 2.29. The molecular formula is C14H17ClN6O. The van der Waals surface area contributed by atoms with Gasteiger partial charge in [0, 0.05) is 16.6 Å². The van der Waals surface area contributed by atoms with E-state index in [-0.39, 0.29) is 11.9 Å². The minimum absolute atomic E-state index is 0.172. The van der Waals surface area contributed by atoms with Gasteiger partial charge < -0.3 is 11.1 Å². The molecule has 0 saturated heterocycles. The lowest BCUT2D eigenvalue weighted by Crippen LogP contribution is -2.30. The Morgan fingerprint density at radius 2 is 2.00 bits per heavy atom. The van der Waals surface area contributed by atoms with Gasteiger partial charge in [0.1, 0.15) is 12.0 Å². The molecular weight excluding hydrogens is 304 g/mol. The van der Waals surface area contributed by atoms with Gasteiger partial charge in [-0.3, -0.25) is 15.6 Å². The van der Waals surface area contributed by atoms with E-state index in [4.69, 9.17) is 17.3 Å². The average Bonchev–Trinajstić information content (AvgIpc) is 2.47. The van der Waals surface area contributed by atoms with E-state index in [1.165, 1.54) is 6.33 Å². The van der Waals surface area contributed by atoms with Gasteiger partial charge in [0.05, 0.1) is 0 Å². The minimum atomic E-state index is -0.348. The molecule has 1 amide bonds. The lowest BCUT2D eigenvalue weighted by atomic mass is 10.2. The largest absolute Gasteiger partial charge is 0.393 e. The highest BCUT2D eigenvalue weighted by Crippen LogP contribution is 2.22. The fraction of sp³-hybridized carbons (Fsp3) is 0.214. The maximum absolute atomic E-state index is 12.0. The number of carbonyl (C=O) groups excluding carboxylic acids is 1. The van der Waals surface area contributed by atoms with Crippen molar-refractivity contribution in [3.8, 4) is 0 Å². The van der Waals surface area contributed by atoms with Crippen molar-refractivity contribution in [2.75, 3.05) is 16.5 Å². The zero-order valence-electron chi connectivity index (χ0n) is 12.2. The highest BCUT2D eigenvalue weighted by Gasteiger charge is 2.10. The number of benzene rings is 1. The molecule has 0 unspecified atom stereocenters. The second kappa shape index (κ2) is 6.95. The monoisotopic (exact) mass is 320 g/mol. The van der Waals surface area contributed by atoms with Gasteiger partial charge in [0.15, 0.2) is 11.6 Å². The summed E-state index contributed by atoms with van der Waals surface area (Å²) in [5.41, 5.74) is 11.9. The third-order valence-electron chi connectivity index (χ3n) is 2.69. The molecule has 0 bridgehead atoms. The number of nitrogens with zero attached hydrogens (tertiary/aromatic N) is 2. The van der Waals surface area contributed by atoms with Crippen LogP contribution in [0.5, 0.6) is 0 Å². The molecule has 0 aliphatic carbocycles. The Labute approximate surface area is 133 Å². The van der Waals surface area contributed by atoms with E-state index in [9.17, 15) is 4.79 Å². The number of nitrogens with one attached hydrogen (secondary N) is 3. The number of anilines is 3. The van der Waals surface area contributed by atoms with Gasteiger partial charge in [-0.2, -0.15) is 0 Å². The molecule has 1 aromatic heterocycles. The van der Waals surface area contributed by atoms with E-state index in [1.54, 1.807) is 24.3 Å². The van der Waals surface area contributed by atoms with Crippen LogP contribution in [-0.2, 0) is 0 Å². The normalized spacial score (nSPS) is 10.4. The van der Waals surface area contributed by atoms with Gasteiger partial charge in [-0.1, -0.05) is 17.7 Å². The lowest BCUT2D eigenvalue weighted by Gasteiger charge is -2.14. The van der Waals surface area contributed by atoms with Crippen LogP contribution < -0.4 is 21.9 Å². The SMILES string of the molecule is CC(C)Nc1ncnc(NNC(=O)c2cccc(Cl)c2)c1N. The molecule has 8 heteroatoms. The molecule has 1 heterocycles. The van der Waals surface area contributed by atoms with Crippen LogP contribution >= 0.6 is 11.6 Å². The van der Waals surface area contributed by atoms with Crippen molar-refractivity contribution < 1.29 is 4.79 Å². The first-order chi connectivity index (χ1) is 10.5. The Balaban J connectivity index is 2.07. The first-order valence-corrected chi connectivity index (χ1v) is 7.04. The summed E-state index contributed by atoms with van der Waals surface area (Å²) in [5.74, 6) is 0.469. The number of hydrazine groups is 1. The molecule has 7 nitrogen and oxygen atoms in total. The number of hydrogen-bond donors (Lipinski definition) is 4. The Morgan fingerprint density at radius 1 is 1.27 bits per heavy atom. The molecule has 0 spiro atoms. The van der Waals surface area contributed by atoms with E-state index in [0.717, 1.165) is 0 Å². The number of nitrogen functional groups attached to an aromatic ring is 1. The standard InChI is InChI=1S/C14H17ClN6O/c1-8(2)19-12-11(16)13(18-7-17-12)20-21-14(22)9-4-3-5-10(15)6-9/h3-8H,16H2,1-2H3,(H,21,22)(H2,17,18,19,20). The van der Waals surface area contributed by atoms with Crippen LogP contribution in [0, 0.1) is 0 Å². The third-order valence-corrected chi connectivity index (χ3v) is 2.93. The summed E-state index contributed by atoms with van der Waals surface area (Å²) in [6, 6.07) is 6.77. The summed E-state index contributed by atoms with van der Waals surface area (Å²) in [6.45, 7) is 3.94. The highest BCUT2D eigenvalue weighted by molar-refractivity contribution is 6.30. The molecule has 0 atom stereocenters. The number of halogens is 1. The highest BCUT2D eigenvalue weighted by atomic mass is 35.5. The van der Waals surface area contributed by atoms with Crippen molar-refractivity contribution in [3.05, 3.63) is 41.2 Å². The van der Waals surface area contributed by atoms with E-state index in [2.05, 4.69) is 26.1 Å². The van der Waals surface area contributed by atoms with Gasteiger partial charge in [-0.05, 0) is 32.0 Å². The fourth-order valence-corrected chi connectivity index (χ4v) is 1.89. The molecule has 0 aliphatic rings. The number of rotatable bonds is 5. The van der Waals surface area contributed by atoms with Gasteiger partial charge in [0.2, 0.25) is 0 Å². The first kappa shape index (κ1) is 15.8. The molecule has 2 aromatic rings. The molecule has 2 rings (SSSR count). The van der Waals surface area contributed by atoms with Crippen LogP contribution in [0.25, 0.3) is 0 Å². The van der Waals surface area contributed by atoms with Gasteiger partial charge in [0.25, 0.3) is 5.91 Å². The third kappa shape index (κ3) is 3.98. The van der Waals surface area contributed by atoms with Crippen LogP contribution in [-0.4, -0.2) is 21.9 Å². The van der Waals surface area contributed by atoms with Crippen LogP contribution in [0.15, 0.2) is 30.6 Å². The predicted molar refractivity (Wildman–Crippen MR) is 87.7 cm³/mol. The van der Waals surface area contributed by atoms with Crippen LogP contribution in [0.1, 0.15) is 24.2 Å². The Hall–Kier alpha value is -2.54. The summed E-state index contributed by atoms with van der Waals surface area (Å²) in [6.07, 6.45) is 1.36. The Morgan fingerprint density at radius 3 is 2.68 bits per heavy atom. The maximum atomic E-state index is 12.0. The second-order valence-electron chi connectivity index (χ2n) is 4.87. The molecule has 0 fully saturated rings. The molecule has 0 radical (unpaired) electrons. The number of aromatic nitrogens is 2. The molecule has 116 valence electrons. The van der Waals surface area contributed by atoms with Crippen molar-refractivity contribution in [1.29, 1.82) is 0 Å². The molecule has 22 heavy (non-hydrogen) atoms. The summed E-state index contributed by atoms with van der Waals surface area (Å²) in [5, 5.41) is 3.58. The van der Waals surface area contributed by atoms with E-state index in [0.29, 0.717) is 27.9 Å².